The van der Waals surface area contributed by atoms with Crippen LogP contribution in [0, 0.1) is 5.92 Å². The molecule has 5 nitrogen and oxygen atoms in total. The molecule has 1 saturated heterocycles. The highest BCUT2D eigenvalue weighted by atomic mass is 16.6. The summed E-state index contributed by atoms with van der Waals surface area (Å²) in [5.41, 5.74) is -0.460. The Morgan fingerprint density at radius 2 is 1.94 bits per heavy atom. The Morgan fingerprint density at radius 3 is 2.39 bits per heavy atom. The van der Waals surface area contributed by atoms with Crippen LogP contribution in [0.1, 0.15) is 46.5 Å². The number of ether oxygens (including phenoxy) is 2. The molecule has 0 aliphatic carbocycles. The first-order valence-corrected chi connectivity index (χ1v) is 6.31. The number of aliphatic carboxylic acids is 1. The van der Waals surface area contributed by atoms with Gasteiger partial charge in [-0.05, 0) is 39.5 Å². The van der Waals surface area contributed by atoms with Gasteiger partial charge in [0.1, 0.15) is 5.60 Å². The number of carboxylic acid groups (broad SMARTS) is 1. The highest BCUT2D eigenvalue weighted by molar-refractivity contribution is 5.70. The normalized spacial score (nSPS) is 24.6. The number of hydrogen-bond acceptors (Lipinski definition) is 4. The monoisotopic (exact) mass is 258 g/mol. The van der Waals surface area contributed by atoms with Crippen molar-refractivity contribution in [2.45, 2.75) is 58.2 Å². The van der Waals surface area contributed by atoms with E-state index in [1.54, 1.807) is 0 Å². The van der Waals surface area contributed by atoms with Crippen LogP contribution in [0.4, 0.5) is 0 Å². The number of hydrogen-bond donors (Lipinski definition) is 1. The molecule has 0 bridgehead atoms. The summed E-state index contributed by atoms with van der Waals surface area (Å²) >= 11 is 0. The summed E-state index contributed by atoms with van der Waals surface area (Å²) in [4.78, 5) is 22.1. The van der Waals surface area contributed by atoms with E-state index < -0.39 is 11.6 Å². The number of carbonyl (C=O) groups is 2. The van der Waals surface area contributed by atoms with Crippen molar-refractivity contribution in [2.75, 3.05) is 6.61 Å². The summed E-state index contributed by atoms with van der Waals surface area (Å²) in [6.45, 7) is 5.96. The lowest BCUT2D eigenvalue weighted by Gasteiger charge is -2.28. The summed E-state index contributed by atoms with van der Waals surface area (Å²) in [5, 5.41) is 8.65. The first-order chi connectivity index (χ1) is 8.26. The van der Waals surface area contributed by atoms with Gasteiger partial charge >= 0.3 is 11.9 Å². The molecule has 0 spiro atoms. The summed E-state index contributed by atoms with van der Waals surface area (Å²) in [7, 11) is 0. The molecule has 1 aliphatic heterocycles. The van der Waals surface area contributed by atoms with Gasteiger partial charge in [0.25, 0.3) is 0 Å². The van der Waals surface area contributed by atoms with Gasteiger partial charge in [-0.3, -0.25) is 9.59 Å². The predicted octanol–water partition coefficient (Wildman–Crippen LogP) is 1.99. The van der Waals surface area contributed by atoms with Crippen LogP contribution in [-0.4, -0.2) is 35.4 Å². The van der Waals surface area contributed by atoms with Crippen LogP contribution in [0.3, 0.4) is 0 Å². The van der Waals surface area contributed by atoms with E-state index in [4.69, 9.17) is 14.6 Å². The number of carbonyl (C=O) groups excluding carboxylic acids is 1. The van der Waals surface area contributed by atoms with Crippen molar-refractivity contribution in [3.8, 4) is 0 Å². The highest BCUT2D eigenvalue weighted by Crippen LogP contribution is 2.24. The number of esters is 1. The van der Waals surface area contributed by atoms with Crippen molar-refractivity contribution in [3.05, 3.63) is 0 Å². The van der Waals surface area contributed by atoms with E-state index in [9.17, 15) is 9.59 Å². The van der Waals surface area contributed by atoms with E-state index in [0.29, 0.717) is 19.4 Å². The van der Waals surface area contributed by atoms with Gasteiger partial charge in [0.15, 0.2) is 0 Å². The third kappa shape index (κ3) is 6.00. The molecule has 1 fully saturated rings. The second-order valence-electron chi connectivity index (χ2n) is 5.79. The molecule has 104 valence electrons. The Morgan fingerprint density at radius 1 is 1.28 bits per heavy atom. The first kappa shape index (κ1) is 15.0. The Hall–Kier alpha value is -1.10. The van der Waals surface area contributed by atoms with Crippen molar-refractivity contribution in [1.29, 1.82) is 0 Å². The average Bonchev–Trinajstić information content (AvgIpc) is 2.17. The minimum absolute atomic E-state index is 0.0408. The molecule has 5 heteroatoms. The van der Waals surface area contributed by atoms with Gasteiger partial charge in [0.2, 0.25) is 0 Å². The Kier molecular flexibility index (Phi) is 5.14. The van der Waals surface area contributed by atoms with Gasteiger partial charge in [0.05, 0.1) is 25.6 Å². The molecule has 1 aliphatic rings. The molecular formula is C13H22O5. The van der Waals surface area contributed by atoms with E-state index >= 15 is 0 Å². The van der Waals surface area contributed by atoms with Gasteiger partial charge in [0, 0.05) is 0 Å². The Labute approximate surface area is 107 Å². The molecule has 1 rings (SSSR count). The first-order valence-electron chi connectivity index (χ1n) is 6.31. The van der Waals surface area contributed by atoms with E-state index in [2.05, 4.69) is 0 Å². The zero-order valence-corrected chi connectivity index (χ0v) is 11.3. The third-order valence-electron chi connectivity index (χ3n) is 2.74. The van der Waals surface area contributed by atoms with Crippen molar-refractivity contribution >= 4 is 11.9 Å². The van der Waals surface area contributed by atoms with E-state index in [-0.39, 0.29) is 24.4 Å². The SMILES string of the molecule is CC(C)(C)OC(=O)C[C@@H]1CC[C@@H](CC(=O)O)OC1. The lowest BCUT2D eigenvalue weighted by molar-refractivity contribution is -0.158. The van der Waals surface area contributed by atoms with Crippen LogP contribution in [-0.2, 0) is 19.1 Å². The maximum atomic E-state index is 11.6. The third-order valence-corrected chi connectivity index (χ3v) is 2.74. The van der Waals surface area contributed by atoms with Crippen LogP contribution in [0.15, 0.2) is 0 Å². The van der Waals surface area contributed by atoms with Crippen LogP contribution >= 0.6 is 0 Å². The van der Waals surface area contributed by atoms with Crippen LogP contribution < -0.4 is 0 Å². The molecule has 0 amide bonds. The molecule has 0 radical (unpaired) electrons. The molecule has 0 unspecified atom stereocenters. The fraction of sp³-hybridized carbons (Fsp3) is 0.846. The quantitative estimate of drug-likeness (QED) is 0.781. The average molecular weight is 258 g/mol. The van der Waals surface area contributed by atoms with Crippen molar-refractivity contribution < 1.29 is 24.2 Å². The van der Waals surface area contributed by atoms with E-state index in [1.807, 2.05) is 20.8 Å². The van der Waals surface area contributed by atoms with Gasteiger partial charge < -0.3 is 14.6 Å². The fourth-order valence-electron chi connectivity index (χ4n) is 2.00. The summed E-state index contributed by atoms with van der Waals surface area (Å²) in [5.74, 6) is -0.914. The fourth-order valence-corrected chi connectivity index (χ4v) is 2.00. The Bertz CT molecular complexity index is 297. The van der Waals surface area contributed by atoms with Crippen molar-refractivity contribution in [1.82, 2.24) is 0 Å². The zero-order valence-electron chi connectivity index (χ0n) is 11.3. The molecule has 2 atom stereocenters. The maximum absolute atomic E-state index is 11.6. The topological polar surface area (TPSA) is 72.8 Å². The summed E-state index contributed by atoms with van der Waals surface area (Å²) < 4.78 is 10.7. The molecular weight excluding hydrogens is 236 g/mol. The van der Waals surface area contributed by atoms with Crippen molar-refractivity contribution in [3.63, 3.8) is 0 Å². The zero-order chi connectivity index (χ0) is 13.8. The lowest BCUT2D eigenvalue weighted by Crippen LogP contribution is -2.31. The molecule has 1 N–H and O–H groups in total. The standard InChI is InChI=1S/C13H22O5/c1-13(2,3)18-12(16)6-9-4-5-10(17-8-9)7-11(14)15/h9-10H,4-8H2,1-3H3,(H,14,15)/t9-,10-/m0/s1. The van der Waals surface area contributed by atoms with Crippen LogP contribution in [0.2, 0.25) is 0 Å². The van der Waals surface area contributed by atoms with Crippen LogP contribution in [0.25, 0.3) is 0 Å². The van der Waals surface area contributed by atoms with E-state index in [0.717, 1.165) is 6.42 Å². The molecule has 0 aromatic rings. The second kappa shape index (κ2) is 6.18. The van der Waals surface area contributed by atoms with Gasteiger partial charge in [-0.15, -0.1) is 0 Å². The van der Waals surface area contributed by atoms with E-state index in [1.165, 1.54) is 0 Å². The summed E-state index contributed by atoms with van der Waals surface area (Å²) in [6.07, 6.45) is 1.69. The second-order valence-corrected chi connectivity index (χ2v) is 5.79. The highest BCUT2D eigenvalue weighted by Gasteiger charge is 2.26. The lowest BCUT2D eigenvalue weighted by atomic mass is 9.94. The molecule has 0 aromatic carbocycles. The smallest absolute Gasteiger partial charge is 0.306 e. The molecule has 18 heavy (non-hydrogen) atoms. The van der Waals surface area contributed by atoms with Crippen LogP contribution in [0.5, 0.6) is 0 Å². The van der Waals surface area contributed by atoms with Gasteiger partial charge in [-0.1, -0.05) is 0 Å². The molecule has 0 aromatic heterocycles. The van der Waals surface area contributed by atoms with Gasteiger partial charge in [-0.25, -0.2) is 0 Å². The largest absolute Gasteiger partial charge is 0.481 e. The number of carboxylic acids is 1. The van der Waals surface area contributed by atoms with Crippen molar-refractivity contribution in [2.24, 2.45) is 5.92 Å². The minimum atomic E-state index is -0.842. The molecule has 0 saturated carbocycles. The maximum Gasteiger partial charge on any atom is 0.306 e. The predicted molar refractivity (Wildman–Crippen MR) is 65.2 cm³/mol. The number of rotatable bonds is 4. The molecule has 1 heterocycles. The minimum Gasteiger partial charge on any atom is -0.481 e. The summed E-state index contributed by atoms with van der Waals surface area (Å²) in [6, 6.07) is 0. The Balaban J connectivity index is 2.27. The van der Waals surface area contributed by atoms with Gasteiger partial charge in [-0.2, -0.15) is 0 Å².